The Kier molecular flexibility index (Phi) is 3.85. The molecule has 0 aliphatic rings. The first-order chi connectivity index (χ1) is 8.20. The highest BCUT2D eigenvalue weighted by atomic mass is 19.4. The van der Waals surface area contributed by atoms with E-state index >= 15 is 0 Å². The van der Waals surface area contributed by atoms with Crippen molar-refractivity contribution in [2.75, 3.05) is 0 Å². The van der Waals surface area contributed by atoms with E-state index in [1.165, 1.54) is 0 Å². The van der Waals surface area contributed by atoms with Crippen molar-refractivity contribution in [1.82, 2.24) is 4.98 Å². The zero-order valence-corrected chi connectivity index (χ0v) is 8.63. The number of carboxylic acids is 1. The summed E-state index contributed by atoms with van der Waals surface area (Å²) in [5, 5.41) is 8.73. The van der Waals surface area contributed by atoms with Gasteiger partial charge in [-0.2, -0.15) is 13.2 Å². The van der Waals surface area contributed by atoms with Gasteiger partial charge in [-0.1, -0.05) is 0 Å². The molecule has 1 rings (SSSR count). The van der Waals surface area contributed by atoms with E-state index in [0.29, 0.717) is 0 Å². The average molecular weight is 270 g/mol. The van der Waals surface area contributed by atoms with Crippen LogP contribution in [0.3, 0.4) is 0 Å². The van der Waals surface area contributed by atoms with Gasteiger partial charge < -0.3 is 10.8 Å². The van der Waals surface area contributed by atoms with Gasteiger partial charge in [-0.3, -0.25) is 4.98 Å². The third-order valence-electron chi connectivity index (χ3n) is 2.13. The van der Waals surface area contributed by atoms with Crippen LogP contribution in [0.2, 0.25) is 0 Å². The molecule has 0 radical (unpaired) electrons. The second kappa shape index (κ2) is 4.84. The number of rotatable bonds is 3. The second-order valence-corrected chi connectivity index (χ2v) is 3.22. The van der Waals surface area contributed by atoms with Crippen molar-refractivity contribution in [3.8, 4) is 0 Å². The smallest absolute Gasteiger partial charge is 0.433 e. The molecule has 0 saturated carbocycles. The lowest BCUT2D eigenvalue weighted by atomic mass is 10.0. The van der Waals surface area contributed by atoms with Crippen LogP contribution in [0.4, 0.5) is 22.0 Å². The van der Waals surface area contributed by atoms with Gasteiger partial charge in [0.25, 0.3) is 6.43 Å². The van der Waals surface area contributed by atoms with E-state index in [4.69, 9.17) is 10.8 Å². The maximum absolute atomic E-state index is 12.5. The number of carboxylic acid groups (broad SMARTS) is 1. The fourth-order valence-corrected chi connectivity index (χ4v) is 1.43. The second-order valence-electron chi connectivity index (χ2n) is 3.22. The molecule has 0 bridgehead atoms. The van der Waals surface area contributed by atoms with E-state index in [9.17, 15) is 26.7 Å². The molecule has 1 aromatic rings. The van der Waals surface area contributed by atoms with Crippen molar-refractivity contribution in [1.29, 1.82) is 0 Å². The zero-order chi connectivity index (χ0) is 14.1. The highest BCUT2D eigenvalue weighted by Crippen LogP contribution is 2.34. The van der Waals surface area contributed by atoms with E-state index in [1.54, 1.807) is 0 Å². The van der Waals surface area contributed by atoms with E-state index in [-0.39, 0.29) is 6.20 Å². The summed E-state index contributed by atoms with van der Waals surface area (Å²) in [4.78, 5) is 13.6. The standard InChI is InChI=1S/C9H7F5N2O2/c10-7(11)4-2-16-6(9(12,13)14)3(1-15)5(4)8(17)18/h2,7H,1,15H2,(H,17,18). The highest BCUT2D eigenvalue weighted by Gasteiger charge is 2.38. The third kappa shape index (κ3) is 2.55. The number of hydrogen-bond acceptors (Lipinski definition) is 3. The van der Waals surface area contributed by atoms with Gasteiger partial charge in [0.2, 0.25) is 0 Å². The SMILES string of the molecule is NCc1c(C(F)(F)F)ncc(C(F)F)c1C(=O)O. The highest BCUT2D eigenvalue weighted by molar-refractivity contribution is 5.91. The molecule has 0 aromatic carbocycles. The summed E-state index contributed by atoms with van der Waals surface area (Å²) in [6, 6.07) is 0. The molecule has 1 aromatic heterocycles. The van der Waals surface area contributed by atoms with Gasteiger partial charge in [0.1, 0.15) is 5.69 Å². The number of nitrogens with two attached hydrogens (primary N) is 1. The van der Waals surface area contributed by atoms with Crippen LogP contribution in [0.1, 0.15) is 33.6 Å². The lowest BCUT2D eigenvalue weighted by Crippen LogP contribution is -2.20. The molecule has 0 spiro atoms. The molecule has 0 aliphatic carbocycles. The van der Waals surface area contributed by atoms with Crippen LogP contribution in [0.5, 0.6) is 0 Å². The number of pyridine rings is 1. The molecule has 0 unspecified atom stereocenters. The normalized spacial score (nSPS) is 11.9. The molecule has 0 atom stereocenters. The molecule has 0 saturated heterocycles. The van der Waals surface area contributed by atoms with Crippen molar-refractivity contribution in [2.45, 2.75) is 19.1 Å². The van der Waals surface area contributed by atoms with Crippen LogP contribution >= 0.6 is 0 Å². The minimum absolute atomic E-state index is 0.204. The predicted molar refractivity (Wildman–Crippen MR) is 49.0 cm³/mol. The Morgan fingerprint density at radius 1 is 1.44 bits per heavy atom. The lowest BCUT2D eigenvalue weighted by Gasteiger charge is -2.15. The molecule has 100 valence electrons. The summed E-state index contributed by atoms with van der Waals surface area (Å²) in [6.07, 6.45) is -8.01. The topological polar surface area (TPSA) is 76.2 Å². The number of hydrogen-bond donors (Lipinski definition) is 2. The number of nitrogens with zero attached hydrogens (tertiary/aromatic N) is 1. The Morgan fingerprint density at radius 3 is 2.33 bits per heavy atom. The molecular formula is C9H7F5N2O2. The average Bonchev–Trinajstić information content (AvgIpc) is 2.25. The fourth-order valence-electron chi connectivity index (χ4n) is 1.43. The first-order valence-electron chi connectivity index (χ1n) is 4.50. The zero-order valence-electron chi connectivity index (χ0n) is 8.63. The Bertz CT molecular complexity index is 473. The molecule has 0 amide bonds. The Balaban J connectivity index is 3.64. The van der Waals surface area contributed by atoms with Crippen molar-refractivity contribution < 1.29 is 31.9 Å². The maximum Gasteiger partial charge on any atom is 0.433 e. The molecule has 1 heterocycles. The van der Waals surface area contributed by atoms with Crippen molar-refractivity contribution in [3.05, 3.63) is 28.6 Å². The fraction of sp³-hybridized carbons (Fsp3) is 0.333. The summed E-state index contributed by atoms with van der Waals surface area (Å²) < 4.78 is 62.6. The monoisotopic (exact) mass is 270 g/mol. The van der Waals surface area contributed by atoms with Gasteiger partial charge in [-0.25, -0.2) is 13.6 Å². The summed E-state index contributed by atoms with van der Waals surface area (Å²) in [5.74, 6) is -1.90. The molecular weight excluding hydrogens is 263 g/mol. The van der Waals surface area contributed by atoms with Crippen LogP contribution in [0.25, 0.3) is 0 Å². The van der Waals surface area contributed by atoms with Crippen LogP contribution in [-0.4, -0.2) is 16.1 Å². The Hall–Kier alpha value is -1.77. The van der Waals surface area contributed by atoms with E-state index < -0.39 is 47.5 Å². The Labute approximate surface area is 97.2 Å². The van der Waals surface area contributed by atoms with Gasteiger partial charge in [-0.15, -0.1) is 0 Å². The number of alkyl halides is 5. The molecule has 9 heteroatoms. The minimum Gasteiger partial charge on any atom is -0.478 e. The van der Waals surface area contributed by atoms with Crippen molar-refractivity contribution >= 4 is 5.97 Å². The molecule has 18 heavy (non-hydrogen) atoms. The molecule has 4 nitrogen and oxygen atoms in total. The van der Waals surface area contributed by atoms with Gasteiger partial charge >= 0.3 is 12.1 Å². The van der Waals surface area contributed by atoms with Crippen molar-refractivity contribution in [3.63, 3.8) is 0 Å². The van der Waals surface area contributed by atoms with E-state index in [1.807, 2.05) is 0 Å². The summed E-state index contributed by atoms with van der Waals surface area (Å²) in [5.41, 5.74) is 0.262. The van der Waals surface area contributed by atoms with Crippen LogP contribution in [-0.2, 0) is 12.7 Å². The van der Waals surface area contributed by atoms with Crippen LogP contribution in [0.15, 0.2) is 6.20 Å². The third-order valence-corrected chi connectivity index (χ3v) is 2.13. The largest absolute Gasteiger partial charge is 0.478 e. The Morgan fingerprint density at radius 2 is 2.00 bits per heavy atom. The maximum atomic E-state index is 12.5. The molecule has 0 fully saturated rings. The van der Waals surface area contributed by atoms with Gasteiger partial charge in [0.15, 0.2) is 0 Å². The van der Waals surface area contributed by atoms with E-state index in [2.05, 4.69) is 4.98 Å². The summed E-state index contributed by atoms with van der Waals surface area (Å²) in [7, 11) is 0. The number of halogens is 5. The summed E-state index contributed by atoms with van der Waals surface area (Å²) in [6.45, 7) is -0.857. The van der Waals surface area contributed by atoms with Gasteiger partial charge in [0.05, 0.1) is 11.1 Å². The molecule has 0 aliphatic heterocycles. The first-order valence-corrected chi connectivity index (χ1v) is 4.50. The number of carbonyl (C=O) groups is 1. The summed E-state index contributed by atoms with van der Waals surface area (Å²) >= 11 is 0. The van der Waals surface area contributed by atoms with Crippen LogP contribution in [0, 0.1) is 0 Å². The van der Waals surface area contributed by atoms with Crippen molar-refractivity contribution in [2.24, 2.45) is 5.73 Å². The predicted octanol–water partition coefficient (Wildman–Crippen LogP) is 2.19. The first kappa shape index (κ1) is 14.3. The van der Waals surface area contributed by atoms with Gasteiger partial charge in [0, 0.05) is 18.3 Å². The number of aromatic nitrogens is 1. The van der Waals surface area contributed by atoms with Gasteiger partial charge in [-0.05, 0) is 0 Å². The van der Waals surface area contributed by atoms with Crippen LogP contribution < -0.4 is 5.73 Å². The quantitative estimate of drug-likeness (QED) is 0.825. The number of aromatic carboxylic acids is 1. The lowest BCUT2D eigenvalue weighted by molar-refractivity contribution is -0.141. The van der Waals surface area contributed by atoms with E-state index in [0.717, 1.165) is 0 Å². The minimum atomic E-state index is -4.96. The molecule has 3 N–H and O–H groups in total.